The van der Waals surface area contributed by atoms with E-state index >= 15 is 0 Å². The summed E-state index contributed by atoms with van der Waals surface area (Å²) in [5.74, 6) is -1.55. The van der Waals surface area contributed by atoms with Crippen molar-refractivity contribution >= 4 is 16.6 Å². The molecule has 0 saturated heterocycles. The molecule has 190 valence electrons. The molecule has 4 aromatic rings. The standard InChI is InChI=1S/C26H24F5N3O2/c1-24(2,20-12-17(28)9-10-23(20)35)14-25(36,26(29,30)31)15-32-21-7-4-8-22-19(21)13-33-34(22)18-6-3-5-16(27)11-18/h3-13,32,35-36H,14-15H2,1-2H3. The van der Waals surface area contributed by atoms with E-state index in [1.807, 2.05) is 0 Å². The van der Waals surface area contributed by atoms with E-state index in [1.54, 1.807) is 24.3 Å². The number of fused-ring (bicyclic) bond motifs is 1. The maximum Gasteiger partial charge on any atom is 0.418 e. The molecule has 1 atom stereocenters. The zero-order chi connectivity index (χ0) is 26.3. The number of nitrogens with zero attached hydrogens (tertiary/aromatic N) is 2. The predicted molar refractivity (Wildman–Crippen MR) is 126 cm³/mol. The summed E-state index contributed by atoms with van der Waals surface area (Å²) in [5.41, 5.74) is -3.48. The average molecular weight is 505 g/mol. The van der Waals surface area contributed by atoms with Gasteiger partial charge in [0.1, 0.15) is 17.4 Å². The van der Waals surface area contributed by atoms with Crippen LogP contribution in [-0.4, -0.2) is 38.3 Å². The number of hydrogen-bond acceptors (Lipinski definition) is 4. The third kappa shape index (κ3) is 4.86. The van der Waals surface area contributed by atoms with Crippen molar-refractivity contribution in [3.63, 3.8) is 0 Å². The summed E-state index contributed by atoms with van der Waals surface area (Å²) in [7, 11) is 0. The summed E-state index contributed by atoms with van der Waals surface area (Å²) in [6.07, 6.45) is -4.46. The Bertz CT molecular complexity index is 1400. The maximum absolute atomic E-state index is 14.1. The van der Waals surface area contributed by atoms with E-state index in [2.05, 4.69) is 10.4 Å². The van der Waals surface area contributed by atoms with Crippen molar-refractivity contribution in [1.29, 1.82) is 0 Å². The lowest BCUT2D eigenvalue weighted by atomic mass is 9.74. The third-order valence-electron chi connectivity index (χ3n) is 6.19. The van der Waals surface area contributed by atoms with E-state index in [1.165, 1.54) is 42.9 Å². The molecule has 5 nitrogen and oxygen atoms in total. The second kappa shape index (κ2) is 9.09. The van der Waals surface area contributed by atoms with Gasteiger partial charge in [-0.15, -0.1) is 0 Å². The van der Waals surface area contributed by atoms with Gasteiger partial charge in [-0.3, -0.25) is 0 Å². The van der Waals surface area contributed by atoms with Gasteiger partial charge in [0.05, 0.1) is 23.9 Å². The van der Waals surface area contributed by atoms with Gasteiger partial charge >= 0.3 is 6.18 Å². The minimum atomic E-state index is -5.04. The number of benzene rings is 3. The Hall–Kier alpha value is -3.66. The van der Waals surface area contributed by atoms with Gasteiger partial charge < -0.3 is 15.5 Å². The summed E-state index contributed by atoms with van der Waals surface area (Å²) >= 11 is 0. The molecule has 0 aliphatic rings. The van der Waals surface area contributed by atoms with Crippen molar-refractivity contribution in [3.05, 3.63) is 84.1 Å². The van der Waals surface area contributed by atoms with Crippen molar-refractivity contribution in [1.82, 2.24) is 9.78 Å². The molecule has 1 unspecified atom stereocenters. The molecule has 0 amide bonds. The fourth-order valence-electron chi connectivity index (χ4n) is 4.40. The number of anilines is 1. The number of aliphatic hydroxyl groups is 1. The van der Waals surface area contributed by atoms with Crippen LogP contribution in [0.1, 0.15) is 25.8 Å². The minimum absolute atomic E-state index is 0.0522. The van der Waals surface area contributed by atoms with E-state index < -0.39 is 41.8 Å². The maximum atomic E-state index is 14.1. The summed E-state index contributed by atoms with van der Waals surface area (Å²) in [6, 6.07) is 13.6. The fraction of sp³-hybridized carbons (Fsp3) is 0.269. The number of nitrogens with one attached hydrogen (secondary N) is 1. The van der Waals surface area contributed by atoms with Gasteiger partial charge in [-0.2, -0.15) is 18.3 Å². The van der Waals surface area contributed by atoms with E-state index in [9.17, 15) is 32.2 Å². The topological polar surface area (TPSA) is 70.3 Å². The Kier molecular flexibility index (Phi) is 6.42. The van der Waals surface area contributed by atoms with Gasteiger partial charge in [-0.25, -0.2) is 13.5 Å². The summed E-state index contributed by atoms with van der Waals surface area (Å²) in [6.45, 7) is 1.87. The normalized spacial score (nSPS) is 14.1. The van der Waals surface area contributed by atoms with Gasteiger partial charge in [-0.1, -0.05) is 26.0 Å². The lowest BCUT2D eigenvalue weighted by Crippen LogP contribution is -2.53. The van der Waals surface area contributed by atoms with E-state index in [0.29, 0.717) is 16.6 Å². The number of halogens is 5. The van der Waals surface area contributed by atoms with Crippen LogP contribution in [-0.2, 0) is 5.41 Å². The van der Waals surface area contributed by atoms with Crippen LogP contribution in [0.15, 0.2) is 66.9 Å². The van der Waals surface area contributed by atoms with Crippen LogP contribution in [0.5, 0.6) is 5.75 Å². The molecular weight excluding hydrogens is 481 g/mol. The van der Waals surface area contributed by atoms with Gasteiger partial charge in [0, 0.05) is 16.6 Å². The first-order valence-corrected chi connectivity index (χ1v) is 11.1. The van der Waals surface area contributed by atoms with E-state index in [4.69, 9.17) is 0 Å². The SMILES string of the molecule is CC(C)(CC(O)(CNc1cccc2c1cnn2-c1cccc(F)c1)C(F)(F)F)c1cc(F)ccc1O. The smallest absolute Gasteiger partial charge is 0.418 e. The van der Waals surface area contributed by atoms with E-state index in [-0.39, 0.29) is 17.0 Å². The van der Waals surface area contributed by atoms with Crippen LogP contribution in [0.25, 0.3) is 16.6 Å². The van der Waals surface area contributed by atoms with Gasteiger partial charge in [0.15, 0.2) is 5.60 Å². The Morgan fingerprint density at radius 1 is 0.944 bits per heavy atom. The molecule has 0 fully saturated rings. The molecule has 4 rings (SSSR count). The third-order valence-corrected chi connectivity index (χ3v) is 6.19. The molecule has 0 spiro atoms. The Balaban J connectivity index is 1.65. The lowest BCUT2D eigenvalue weighted by Gasteiger charge is -2.38. The molecule has 1 aromatic heterocycles. The van der Waals surface area contributed by atoms with E-state index in [0.717, 1.165) is 18.2 Å². The number of phenols is 1. The highest BCUT2D eigenvalue weighted by molar-refractivity contribution is 5.92. The Morgan fingerprint density at radius 3 is 2.33 bits per heavy atom. The lowest BCUT2D eigenvalue weighted by molar-refractivity contribution is -0.260. The van der Waals surface area contributed by atoms with Crippen LogP contribution in [0.3, 0.4) is 0 Å². The number of aromatic nitrogens is 2. The number of alkyl halides is 3. The highest BCUT2D eigenvalue weighted by Gasteiger charge is 2.56. The van der Waals surface area contributed by atoms with Crippen molar-refractivity contribution in [2.45, 2.75) is 37.5 Å². The minimum Gasteiger partial charge on any atom is -0.508 e. The molecule has 0 aliphatic heterocycles. The Morgan fingerprint density at radius 2 is 1.64 bits per heavy atom. The van der Waals surface area contributed by atoms with Gasteiger partial charge in [-0.05, 0) is 60.4 Å². The summed E-state index contributed by atoms with van der Waals surface area (Å²) in [5, 5.41) is 28.3. The second-order valence-corrected chi connectivity index (χ2v) is 9.38. The zero-order valence-electron chi connectivity index (χ0n) is 19.4. The van der Waals surface area contributed by atoms with Crippen molar-refractivity contribution in [2.75, 3.05) is 11.9 Å². The molecular formula is C26H24F5N3O2. The number of rotatable bonds is 7. The number of hydrogen-bond donors (Lipinski definition) is 3. The Labute approximate surface area is 203 Å². The van der Waals surface area contributed by atoms with Crippen molar-refractivity contribution < 1.29 is 32.2 Å². The molecule has 10 heteroatoms. The molecule has 0 aliphatic carbocycles. The average Bonchev–Trinajstić information content (AvgIpc) is 3.23. The first kappa shape index (κ1) is 25.4. The molecule has 0 radical (unpaired) electrons. The molecule has 0 bridgehead atoms. The quantitative estimate of drug-likeness (QED) is 0.266. The van der Waals surface area contributed by atoms with Crippen LogP contribution >= 0.6 is 0 Å². The van der Waals surface area contributed by atoms with Gasteiger partial charge in [0.25, 0.3) is 0 Å². The second-order valence-electron chi connectivity index (χ2n) is 9.38. The van der Waals surface area contributed by atoms with Crippen LogP contribution in [0.4, 0.5) is 27.6 Å². The first-order valence-electron chi connectivity index (χ1n) is 11.1. The molecule has 1 heterocycles. The van der Waals surface area contributed by atoms with Crippen LogP contribution in [0.2, 0.25) is 0 Å². The zero-order valence-corrected chi connectivity index (χ0v) is 19.4. The molecule has 0 saturated carbocycles. The first-order chi connectivity index (χ1) is 16.8. The number of phenolic OH excluding ortho intramolecular Hbond substituents is 1. The highest BCUT2D eigenvalue weighted by Crippen LogP contribution is 2.43. The monoisotopic (exact) mass is 505 g/mol. The summed E-state index contributed by atoms with van der Waals surface area (Å²) in [4.78, 5) is 0. The molecule has 36 heavy (non-hydrogen) atoms. The van der Waals surface area contributed by atoms with Crippen molar-refractivity contribution in [2.24, 2.45) is 0 Å². The predicted octanol–water partition coefficient (Wildman–Crippen LogP) is 6.08. The molecule has 3 N–H and O–H groups in total. The summed E-state index contributed by atoms with van der Waals surface area (Å²) < 4.78 is 71.3. The molecule has 3 aromatic carbocycles. The van der Waals surface area contributed by atoms with Crippen LogP contribution in [0, 0.1) is 11.6 Å². The number of aromatic hydroxyl groups is 1. The largest absolute Gasteiger partial charge is 0.508 e. The fourth-order valence-corrected chi connectivity index (χ4v) is 4.40. The van der Waals surface area contributed by atoms with Crippen molar-refractivity contribution in [3.8, 4) is 11.4 Å². The van der Waals surface area contributed by atoms with Gasteiger partial charge in [0.2, 0.25) is 0 Å². The van der Waals surface area contributed by atoms with Crippen LogP contribution < -0.4 is 5.32 Å². The highest BCUT2D eigenvalue weighted by atomic mass is 19.4.